The van der Waals surface area contributed by atoms with Crippen LogP contribution < -0.4 is 10.9 Å². The van der Waals surface area contributed by atoms with Crippen molar-refractivity contribution in [3.8, 4) is 0 Å². The Labute approximate surface area is 181 Å². The minimum atomic E-state index is -0.603. The molecule has 0 bridgehead atoms. The van der Waals surface area contributed by atoms with E-state index in [2.05, 4.69) is 5.32 Å². The number of ether oxygens (including phenoxy) is 1. The number of carbonyl (C=O) groups excluding carboxylic acids is 2. The van der Waals surface area contributed by atoms with E-state index in [1.165, 1.54) is 17.8 Å². The molecule has 1 aliphatic heterocycles. The number of anilines is 1. The van der Waals surface area contributed by atoms with Crippen LogP contribution in [0.2, 0.25) is 5.02 Å². The first-order chi connectivity index (χ1) is 14.3. The van der Waals surface area contributed by atoms with Crippen molar-refractivity contribution in [1.82, 2.24) is 0 Å². The molecule has 0 fully saturated rings. The lowest BCUT2D eigenvalue weighted by molar-refractivity contribution is -0.145. The number of aryl methyl sites for hydroxylation is 2. The molecule has 0 aliphatic carbocycles. The monoisotopic (exact) mass is 443 g/mol. The van der Waals surface area contributed by atoms with Crippen LogP contribution in [0.4, 0.5) is 5.69 Å². The first kappa shape index (κ1) is 20.5. The highest BCUT2D eigenvalue weighted by Crippen LogP contribution is 2.38. The summed E-state index contributed by atoms with van der Waals surface area (Å²) < 4.78 is 10.6. The third-order valence-corrected chi connectivity index (χ3v) is 6.46. The lowest BCUT2D eigenvalue weighted by Gasteiger charge is -2.23. The maximum atomic E-state index is 12.4. The molecule has 0 radical (unpaired) electrons. The van der Waals surface area contributed by atoms with Gasteiger partial charge in [0.2, 0.25) is 5.91 Å². The summed E-state index contributed by atoms with van der Waals surface area (Å²) in [7, 11) is 0. The first-order valence-corrected chi connectivity index (χ1v) is 10.5. The molecule has 2 aromatic carbocycles. The van der Waals surface area contributed by atoms with Crippen molar-refractivity contribution >= 4 is 51.9 Å². The average molecular weight is 444 g/mol. The number of carbonyl (C=O) groups is 2. The van der Waals surface area contributed by atoms with E-state index in [9.17, 15) is 14.4 Å². The fourth-order valence-corrected chi connectivity index (χ4v) is 4.48. The van der Waals surface area contributed by atoms with Gasteiger partial charge in [0.15, 0.2) is 0 Å². The Bertz CT molecular complexity index is 1240. The Kier molecular flexibility index (Phi) is 5.58. The first-order valence-electron chi connectivity index (χ1n) is 9.27. The Hall–Kier alpha value is -2.77. The minimum absolute atomic E-state index is 0.0748. The highest BCUT2D eigenvalue weighted by atomic mass is 35.5. The van der Waals surface area contributed by atoms with Crippen LogP contribution in [-0.4, -0.2) is 17.1 Å². The van der Waals surface area contributed by atoms with Gasteiger partial charge >= 0.3 is 11.6 Å². The van der Waals surface area contributed by atoms with Crippen LogP contribution in [0.5, 0.6) is 0 Å². The second kappa shape index (κ2) is 8.16. The molecule has 1 unspecified atom stereocenters. The summed E-state index contributed by atoms with van der Waals surface area (Å²) in [5.41, 5.74) is 3.19. The van der Waals surface area contributed by atoms with Crippen molar-refractivity contribution in [2.45, 2.75) is 37.0 Å². The van der Waals surface area contributed by atoms with Crippen LogP contribution in [0.3, 0.4) is 0 Å². The molecule has 1 aliphatic rings. The molecule has 8 heteroatoms. The number of esters is 1. The molecule has 30 heavy (non-hydrogen) atoms. The summed E-state index contributed by atoms with van der Waals surface area (Å²) in [5, 5.41) is 3.41. The molecular formula is C22H18ClNO5S. The maximum Gasteiger partial charge on any atom is 0.336 e. The van der Waals surface area contributed by atoms with Gasteiger partial charge in [-0.1, -0.05) is 11.6 Å². The molecule has 0 saturated heterocycles. The zero-order valence-corrected chi connectivity index (χ0v) is 17.9. The Balaban J connectivity index is 1.47. The van der Waals surface area contributed by atoms with Gasteiger partial charge in [0.1, 0.15) is 12.2 Å². The number of amides is 1. The van der Waals surface area contributed by atoms with Crippen LogP contribution in [0.25, 0.3) is 11.0 Å². The summed E-state index contributed by atoms with van der Waals surface area (Å²) in [4.78, 5) is 37.4. The van der Waals surface area contributed by atoms with Gasteiger partial charge in [0.05, 0.1) is 17.4 Å². The minimum Gasteiger partial charge on any atom is -0.461 e. The van der Waals surface area contributed by atoms with Gasteiger partial charge in [-0.3, -0.25) is 9.59 Å². The lowest BCUT2D eigenvalue weighted by atomic mass is 10.0. The number of nitrogens with one attached hydrogen (secondary N) is 1. The number of halogens is 1. The normalized spacial score (nSPS) is 15.6. The smallest absolute Gasteiger partial charge is 0.336 e. The number of hydrogen-bond donors (Lipinski definition) is 1. The summed E-state index contributed by atoms with van der Waals surface area (Å²) in [5.74, 6) is -0.797. The molecular weight excluding hydrogens is 426 g/mol. The van der Waals surface area contributed by atoms with E-state index in [-0.39, 0.29) is 18.9 Å². The third kappa shape index (κ3) is 4.22. The predicted octanol–water partition coefficient (Wildman–Crippen LogP) is 4.61. The molecule has 4 rings (SSSR count). The van der Waals surface area contributed by atoms with Gasteiger partial charge in [-0.2, -0.15) is 0 Å². The Morgan fingerprint density at radius 1 is 1.17 bits per heavy atom. The second-order valence-corrected chi connectivity index (χ2v) is 8.81. The Morgan fingerprint density at radius 2 is 1.93 bits per heavy atom. The van der Waals surface area contributed by atoms with Crippen molar-refractivity contribution in [2.75, 3.05) is 5.32 Å². The highest BCUT2D eigenvalue weighted by molar-refractivity contribution is 8.01. The zero-order chi connectivity index (χ0) is 21.4. The van der Waals surface area contributed by atoms with Crippen molar-refractivity contribution < 1.29 is 18.7 Å². The summed E-state index contributed by atoms with van der Waals surface area (Å²) >= 11 is 7.25. The summed E-state index contributed by atoms with van der Waals surface area (Å²) in [6, 6.07) is 10.2. The molecule has 1 atom stereocenters. The molecule has 154 valence electrons. The number of thioether (sulfide) groups is 1. The molecule has 1 amide bonds. The molecule has 3 aromatic rings. The van der Waals surface area contributed by atoms with Crippen LogP contribution in [0.1, 0.15) is 23.1 Å². The van der Waals surface area contributed by atoms with Crippen LogP contribution in [0.15, 0.2) is 50.5 Å². The average Bonchev–Trinajstić information content (AvgIpc) is 2.68. The molecule has 0 spiro atoms. The van der Waals surface area contributed by atoms with Crippen LogP contribution >= 0.6 is 23.4 Å². The van der Waals surface area contributed by atoms with Gasteiger partial charge in [0.25, 0.3) is 0 Å². The van der Waals surface area contributed by atoms with E-state index >= 15 is 0 Å². The topological polar surface area (TPSA) is 85.6 Å². The van der Waals surface area contributed by atoms with Gasteiger partial charge in [-0.05, 0) is 55.3 Å². The van der Waals surface area contributed by atoms with E-state index in [1.807, 2.05) is 19.9 Å². The van der Waals surface area contributed by atoms with Gasteiger partial charge in [0, 0.05) is 26.9 Å². The molecule has 1 aromatic heterocycles. The number of hydrogen-bond acceptors (Lipinski definition) is 6. The largest absolute Gasteiger partial charge is 0.461 e. The molecule has 0 saturated carbocycles. The molecule has 2 heterocycles. The van der Waals surface area contributed by atoms with E-state index in [0.29, 0.717) is 21.9 Å². The van der Waals surface area contributed by atoms with Gasteiger partial charge in [-0.25, -0.2) is 4.79 Å². The highest BCUT2D eigenvalue weighted by Gasteiger charge is 2.29. The van der Waals surface area contributed by atoms with Crippen molar-refractivity contribution in [3.05, 3.63) is 68.5 Å². The SMILES string of the molecule is Cc1cc2oc(=O)cc(COC(=O)CC3Sc4ccc(Cl)cc4NC3=O)c2cc1C. The van der Waals surface area contributed by atoms with E-state index < -0.39 is 16.8 Å². The van der Waals surface area contributed by atoms with E-state index in [4.69, 9.17) is 20.8 Å². The summed E-state index contributed by atoms with van der Waals surface area (Å²) in [6.45, 7) is 3.81. The Morgan fingerprint density at radius 3 is 2.73 bits per heavy atom. The van der Waals surface area contributed by atoms with E-state index in [0.717, 1.165) is 21.4 Å². The third-order valence-electron chi connectivity index (χ3n) is 4.95. The standard InChI is InChI=1S/C22H18ClNO5S/c1-11-5-15-13(7-21(26)29-17(15)6-12(11)2)10-28-20(25)9-19-22(27)24-16-8-14(23)3-4-18(16)30-19/h3-8,19H,9-10H2,1-2H3,(H,24,27). The fraction of sp³-hybridized carbons (Fsp3) is 0.227. The van der Waals surface area contributed by atoms with Crippen molar-refractivity contribution in [2.24, 2.45) is 0 Å². The lowest BCUT2D eigenvalue weighted by Crippen LogP contribution is -2.31. The van der Waals surface area contributed by atoms with E-state index in [1.54, 1.807) is 24.3 Å². The van der Waals surface area contributed by atoms with Crippen molar-refractivity contribution in [1.29, 1.82) is 0 Å². The fourth-order valence-electron chi connectivity index (χ4n) is 3.23. The van der Waals surface area contributed by atoms with Crippen molar-refractivity contribution in [3.63, 3.8) is 0 Å². The predicted molar refractivity (Wildman–Crippen MR) is 116 cm³/mol. The number of fused-ring (bicyclic) bond motifs is 2. The van der Waals surface area contributed by atoms with Gasteiger partial charge < -0.3 is 14.5 Å². The van der Waals surface area contributed by atoms with Gasteiger partial charge in [-0.15, -0.1) is 11.8 Å². The second-order valence-electron chi connectivity index (χ2n) is 7.12. The molecule has 6 nitrogen and oxygen atoms in total. The quantitative estimate of drug-likeness (QED) is 0.468. The summed E-state index contributed by atoms with van der Waals surface area (Å²) in [6.07, 6.45) is -0.0872. The number of rotatable bonds is 4. The zero-order valence-electron chi connectivity index (χ0n) is 16.3. The maximum absolute atomic E-state index is 12.4. The van der Waals surface area contributed by atoms with Crippen LogP contribution in [-0.2, 0) is 20.9 Å². The van der Waals surface area contributed by atoms with Crippen LogP contribution in [0, 0.1) is 13.8 Å². The molecule has 1 N–H and O–H groups in total. The number of benzene rings is 2.